The molecular weight excluding hydrogens is 334 g/mol. The van der Waals surface area contributed by atoms with E-state index in [1.54, 1.807) is 38.1 Å². The second-order valence-corrected chi connectivity index (χ2v) is 8.63. The molecule has 0 spiro atoms. The number of aliphatic carboxylic acids is 1. The summed E-state index contributed by atoms with van der Waals surface area (Å²) in [6, 6.07) is 10.2. The van der Waals surface area contributed by atoms with Crippen LogP contribution in [0, 0.1) is 0 Å². The molecule has 0 saturated heterocycles. The Morgan fingerprint density at radius 2 is 1.87 bits per heavy atom. The van der Waals surface area contributed by atoms with Crippen molar-refractivity contribution in [1.29, 1.82) is 0 Å². The third-order valence-corrected chi connectivity index (χ3v) is 5.84. The number of anilines is 1. The van der Waals surface area contributed by atoms with Crippen LogP contribution in [0.25, 0.3) is 0 Å². The van der Waals surface area contributed by atoms with Crippen LogP contribution in [-0.4, -0.2) is 25.2 Å². The lowest BCUT2D eigenvalue weighted by molar-refractivity contribution is -0.142. The van der Waals surface area contributed by atoms with Gasteiger partial charge in [0.1, 0.15) is 0 Å². The normalized spacial score (nSPS) is 12.1. The summed E-state index contributed by atoms with van der Waals surface area (Å²) in [5, 5.41) is 11.1. The fourth-order valence-electron chi connectivity index (χ4n) is 2.00. The van der Waals surface area contributed by atoms with Crippen molar-refractivity contribution in [2.24, 2.45) is 0 Å². The minimum Gasteiger partial charge on any atom is -0.481 e. The molecule has 0 saturated carbocycles. The van der Waals surface area contributed by atoms with Crippen molar-refractivity contribution in [1.82, 2.24) is 0 Å². The van der Waals surface area contributed by atoms with Crippen LogP contribution < -0.4 is 4.72 Å². The van der Waals surface area contributed by atoms with E-state index < -0.39 is 21.4 Å². The van der Waals surface area contributed by atoms with Crippen LogP contribution in [0.1, 0.15) is 24.3 Å². The summed E-state index contributed by atoms with van der Waals surface area (Å²) < 4.78 is 26.7. The number of sulfonamides is 1. The van der Waals surface area contributed by atoms with Gasteiger partial charge >= 0.3 is 5.97 Å². The predicted molar refractivity (Wildman–Crippen MR) is 92.5 cm³/mol. The highest BCUT2D eigenvalue weighted by Crippen LogP contribution is 2.25. The molecule has 0 aliphatic carbocycles. The quantitative estimate of drug-likeness (QED) is 0.801. The van der Waals surface area contributed by atoms with Gasteiger partial charge in [0, 0.05) is 10.6 Å². The number of rotatable bonds is 7. The van der Waals surface area contributed by atoms with Gasteiger partial charge in [0.05, 0.1) is 11.2 Å². The van der Waals surface area contributed by atoms with Crippen LogP contribution in [0.5, 0.6) is 0 Å². The highest BCUT2D eigenvalue weighted by Gasteiger charge is 2.29. The third-order valence-electron chi connectivity index (χ3n) is 3.61. The van der Waals surface area contributed by atoms with Crippen LogP contribution in [0.4, 0.5) is 5.69 Å². The van der Waals surface area contributed by atoms with E-state index in [1.165, 1.54) is 11.3 Å². The van der Waals surface area contributed by atoms with Gasteiger partial charge in [0.2, 0.25) is 10.0 Å². The van der Waals surface area contributed by atoms with Crippen molar-refractivity contribution in [3.8, 4) is 0 Å². The summed E-state index contributed by atoms with van der Waals surface area (Å²) in [5.74, 6) is -0.919. The lowest BCUT2D eigenvalue weighted by atomic mass is 9.85. The zero-order valence-corrected chi connectivity index (χ0v) is 14.6. The Hall–Kier alpha value is -1.86. The highest BCUT2D eigenvalue weighted by atomic mass is 32.2. The zero-order valence-electron chi connectivity index (χ0n) is 12.9. The summed E-state index contributed by atoms with van der Waals surface area (Å²) in [6.45, 7) is 3.21. The molecule has 2 aromatic rings. The van der Waals surface area contributed by atoms with Gasteiger partial charge in [-0.3, -0.25) is 9.52 Å². The molecule has 1 heterocycles. The van der Waals surface area contributed by atoms with Crippen molar-refractivity contribution < 1.29 is 18.3 Å². The molecule has 2 rings (SSSR count). The first-order valence-electron chi connectivity index (χ1n) is 7.07. The summed E-state index contributed by atoms with van der Waals surface area (Å²) in [7, 11) is -3.44. The van der Waals surface area contributed by atoms with Crippen LogP contribution in [-0.2, 0) is 26.7 Å². The first kappa shape index (κ1) is 17.5. The number of thiophene rings is 1. The molecule has 0 fully saturated rings. The van der Waals surface area contributed by atoms with Gasteiger partial charge in [0.15, 0.2) is 0 Å². The summed E-state index contributed by atoms with van der Waals surface area (Å²) >= 11 is 1.53. The molecule has 124 valence electrons. The Labute approximate surface area is 140 Å². The first-order chi connectivity index (χ1) is 10.7. The van der Waals surface area contributed by atoms with E-state index in [0.717, 1.165) is 4.88 Å². The Balaban J connectivity index is 2.04. The molecule has 0 aliphatic rings. The molecule has 0 amide bonds. The van der Waals surface area contributed by atoms with Gasteiger partial charge in [-0.2, -0.15) is 0 Å². The van der Waals surface area contributed by atoms with E-state index in [2.05, 4.69) is 4.72 Å². The SMILES string of the molecule is CC(C)(C(=O)O)c1ccc(NS(=O)(=O)CCc2cccs2)cc1. The predicted octanol–water partition coefficient (Wildman–Crippen LogP) is 3.09. The largest absolute Gasteiger partial charge is 0.481 e. The number of carbonyl (C=O) groups is 1. The van der Waals surface area contributed by atoms with Crippen LogP contribution in [0.2, 0.25) is 0 Å². The van der Waals surface area contributed by atoms with Crippen LogP contribution in [0.15, 0.2) is 41.8 Å². The highest BCUT2D eigenvalue weighted by molar-refractivity contribution is 7.92. The zero-order chi connectivity index (χ0) is 17.1. The Morgan fingerprint density at radius 1 is 1.22 bits per heavy atom. The second-order valence-electron chi connectivity index (χ2n) is 5.76. The molecular formula is C16H19NO4S2. The summed E-state index contributed by atoms with van der Waals surface area (Å²) in [6.07, 6.45) is 0.469. The molecule has 23 heavy (non-hydrogen) atoms. The van der Waals surface area contributed by atoms with Gasteiger partial charge in [-0.25, -0.2) is 8.42 Å². The molecule has 2 N–H and O–H groups in total. The van der Waals surface area contributed by atoms with Gasteiger partial charge in [-0.1, -0.05) is 18.2 Å². The lowest BCUT2D eigenvalue weighted by Gasteiger charge is -2.20. The van der Waals surface area contributed by atoms with Crippen molar-refractivity contribution in [3.63, 3.8) is 0 Å². The second kappa shape index (κ2) is 6.72. The third kappa shape index (κ3) is 4.56. The van der Waals surface area contributed by atoms with E-state index in [1.807, 2.05) is 17.5 Å². The van der Waals surface area contributed by atoms with E-state index >= 15 is 0 Å². The number of carboxylic acid groups (broad SMARTS) is 1. The number of hydrogen-bond acceptors (Lipinski definition) is 4. The Bertz CT molecular complexity index is 763. The van der Waals surface area contributed by atoms with Crippen molar-refractivity contribution in [3.05, 3.63) is 52.2 Å². The van der Waals surface area contributed by atoms with Crippen LogP contribution >= 0.6 is 11.3 Å². The van der Waals surface area contributed by atoms with E-state index in [0.29, 0.717) is 17.7 Å². The number of nitrogens with one attached hydrogen (secondary N) is 1. The average Bonchev–Trinajstić information content (AvgIpc) is 2.98. The van der Waals surface area contributed by atoms with Crippen molar-refractivity contribution in [2.75, 3.05) is 10.5 Å². The standard InChI is InChI=1S/C16H19NO4S2/c1-16(2,15(18)19)12-5-7-13(8-6-12)17-23(20,21)11-9-14-4-3-10-22-14/h3-8,10,17H,9,11H2,1-2H3,(H,18,19). The monoisotopic (exact) mass is 353 g/mol. The van der Waals surface area contributed by atoms with Gasteiger partial charge in [-0.05, 0) is 49.4 Å². The molecule has 7 heteroatoms. The molecule has 1 aromatic carbocycles. The van der Waals surface area contributed by atoms with E-state index in [-0.39, 0.29) is 5.75 Å². The van der Waals surface area contributed by atoms with Gasteiger partial charge in [-0.15, -0.1) is 11.3 Å². The maximum Gasteiger partial charge on any atom is 0.313 e. The van der Waals surface area contributed by atoms with Crippen LogP contribution in [0.3, 0.4) is 0 Å². The fourth-order valence-corrected chi connectivity index (χ4v) is 3.92. The minimum atomic E-state index is -3.44. The molecule has 5 nitrogen and oxygen atoms in total. The van der Waals surface area contributed by atoms with Crippen molar-refractivity contribution in [2.45, 2.75) is 25.7 Å². The topological polar surface area (TPSA) is 83.5 Å². The van der Waals surface area contributed by atoms with E-state index in [4.69, 9.17) is 0 Å². The number of hydrogen-bond donors (Lipinski definition) is 2. The first-order valence-corrected chi connectivity index (χ1v) is 9.61. The molecule has 0 atom stereocenters. The smallest absolute Gasteiger partial charge is 0.313 e. The molecule has 0 bridgehead atoms. The average molecular weight is 353 g/mol. The Morgan fingerprint density at radius 3 is 2.39 bits per heavy atom. The van der Waals surface area contributed by atoms with E-state index in [9.17, 15) is 18.3 Å². The number of benzene rings is 1. The maximum absolute atomic E-state index is 12.1. The lowest BCUT2D eigenvalue weighted by Crippen LogP contribution is -2.28. The maximum atomic E-state index is 12.1. The van der Waals surface area contributed by atoms with Crippen molar-refractivity contribution >= 4 is 33.0 Å². The van der Waals surface area contributed by atoms with Gasteiger partial charge < -0.3 is 5.11 Å². The Kier molecular flexibility index (Phi) is 5.11. The summed E-state index contributed by atoms with van der Waals surface area (Å²) in [5.41, 5.74) is 0.0315. The molecule has 0 unspecified atom stereocenters. The molecule has 0 aliphatic heterocycles. The number of carboxylic acids is 1. The fraction of sp³-hybridized carbons (Fsp3) is 0.312. The molecule has 1 aromatic heterocycles. The number of aryl methyl sites for hydroxylation is 1. The summed E-state index contributed by atoms with van der Waals surface area (Å²) in [4.78, 5) is 12.2. The minimum absolute atomic E-state index is 0.00981. The van der Waals surface area contributed by atoms with Gasteiger partial charge in [0.25, 0.3) is 0 Å². The molecule has 0 radical (unpaired) electrons.